The Kier molecular flexibility index (Phi) is 9.18. The number of aromatic nitrogens is 4. The summed E-state index contributed by atoms with van der Waals surface area (Å²) in [6, 6.07) is 17.1. The number of carbonyl (C=O) groups excluding carboxylic acids is 1. The lowest BCUT2D eigenvalue weighted by Gasteiger charge is -2.17. The second-order valence-corrected chi connectivity index (χ2v) is 9.18. The predicted octanol–water partition coefficient (Wildman–Crippen LogP) is 3.18. The molecule has 4 rings (SSSR count). The van der Waals surface area contributed by atoms with Crippen molar-refractivity contribution in [1.82, 2.24) is 25.1 Å². The minimum Gasteiger partial charge on any atom is -0.493 e. The molecule has 0 saturated heterocycles. The molecule has 1 heterocycles. The summed E-state index contributed by atoms with van der Waals surface area (Å²) >= 11 is 0. The molecular weight excluding hydrogens is 512 g/mol. The molecule has 0 aliphatic heterocycles. The Bertz CT molecular complexity index is 1450. The lowest BCUT2D eigenvalue weighted by atomic mass is 10.1. The van der Waals surface area contributed by atoms with Crippen molar-refractivity contribution in [2.75, 3.05) is 48.6 Å². The molecule has 0 aliphatic carbocycles. The zero-order valence-electron chi connectivity index (χ0n) is 23.4. The first-order chi connectivity index (χ1) is 19.4. The van der Waals surface area contributed by atoms with Crippen molar-refractivity contribution < 1.29 is 23.7 Å². The summed E-state index contributed by atoms with van der Waals surface area (Å²) in [6.07, 6.45) is 1.81. The number of carbonyl (C=O) groups is 1. The topological polar surface area (TPSA) is 127 Å². The number of nitrogens with two attached hydrogens (primary N) is 1. The molecule has 0 radical (unpaired) electrons. The number of rotatable bonds is 13. The first-order valence-electron chi connectivity index (χ1n) is 12.7. The molecule has 0 spiro atoms. The van der Waals surface area contributed by atoms with Crippen LogP contribution in [0.2, 0.25) is 0 Å². The molecule has 40 heavy (non-hydrogen) atoms. The largest absolute Gasteiger partial charge is 0.493 e. The van der Waals surface area contributed by atoms with Crippen LogP contribution < -0.4 is 24.7 Å². The number of hydrogen-bond acceptors (Lipinski definition) is 9. The maximum Gasteiger partial charge on any atom is 0.249 e. The Labute approximate surface area is 233 Å². The lowest BCUT2D eigenvalue weighted by molar-refractivity contribution is 0.100. The van der Waals surface area contributed by atoms with E-state index in [1.54, 1.807) is 20.3 Å². The van der Waals surface area contributed by atoms with Crippen LogP contribution in [0.4, 0.5) is 0 Å². The van der Waals surface area contributed by atoms with Crippen molar-refractivity contribution >= 4 is 5.91 Å². The summed E-state index contributed by atoms with van der Waals surface area (Å²) in [5.41, 5.74) is 9.34. The number of nitrogens with zero attached hydrogens (tertiary/aromatic N) is 5. The third-order valence-corrected chi connectivity index (χ3v) is 6.62. The van der Waals surface area contributed by atoms with E-state index in [2.05, 4.69) is 33.4 Å². The van der Waals surface area contributed by atoms with Crippen LogP contribution in [0.5, 0.6) is 23.0 Å². The minimum absolute atomic E-state index is 0.211. The van der Waals surface area contributed by atoms with Gasteiger partial charge in [-0.25, -0.2) is 0 Å². The van der Waals surface area contributed by atoms with Gasteiger partial charge in [-0.1, -0.05) is 18.2 Å². The number of ether oxygens (including phenoxy) is 4. The van der Waals surface area contributed by atoms with E-state index in [1.165, 1.54) is 36.2 Å². The van der Waals surface area contributed by atoms with Crippen LogP contribution in [0.3, 0.4) is 0 Å². The fourth-order valence-electron chi connectivity index (χ4n) is 4.28. The van der Waals surface area contributed by atoms with E-state index in [1.807, 2.05) is 36.4 Å². The number of amides is 1. The monoisotopic (exact) mass is 546 g/mol. The molecule has 0 saturated carbocycles. The molecule has 0 bridgehead atoms. The quantitative estimate of drug-likeness (QED) is 0.269. The fourth-order valence-corrected chi connectivity index (χ4v) is 4.28. The van der Waals surface area contributed by atoms with Crippen molar-refractivity contribution in [2.45, 2.75) is 12.8 Å². The summed E-state index contributed by atoms with van der Waals surface area (Å²) in [4.78, 5) is 15.8. The van der Waals surface area contributed by atoms with E-state index in [-0.39, 0.29) is 11.4 Å². The lowest BCUT2D eigenvalue weighted by Crippen LogP contribution is -2.23. The number of likely N-dealkylation sites (N-methyl/N-ethyl adjacent to an activating group) is 1. The third-order valence-electron chi connectivity index (χ3n) is 6.62. The molecule has 11 heteroatoms. The van der Waals surface area contributed by atoms with Gasteiger partial charge in [0.05, 0.1) is 39.7 Å². The molecule has 4 aromatic rings. The van der Waals surface area contributed by atoms with Crippen molar-refractivity contribution in [2.24, 2.45) is 5.73 Å². The van der Waals surface area contributed by atoms with Gasteiger partial charge in [-0.3, -0.25) is 4.79 Å². The number of primary amides is 1. The zero-order chi connectivity index (χ0) is 28.6. The van der Waals surface area contributed by atoms with E-state index in [4.69, 9.17) is 24.7 Å². The van der Waals surface area contributed by atoms with Crippen LogP contribution in [0.1, 0.15) is 21.5 Å². The van der Waals surface area contributed by atoms with Gasteiger partial charge in [0.25, 0.3) is 0 Å². The Morgan fingerprint density at radius 2 is 1.38 bits per heavy atom. The standard InChI is InChI=1S/C29H34N6O5/c1-34(15-13-20-8-11-24(37-2)25(16-20)38-3)14-12-19-6-9-21(10-7-19)35-32-29(31-33-35)23-18-27(40-5)26(39-4)17-22(23)28(30)36/h6-11,16-18H,12-15H2,1-5H3,(H2,30,36). The van der Waals surface area contributed by atoms with Crippen LogP contribution in [0, 0.1) is 0 Å². The molecule has 2 N–H and O–H groups in total. The summed E-state index contributed by atoms with van der Waals surface area (Å²) in [6.45, 7) is 1.83. The highest BCUT2D eigenvalue weighted by Crippen LogP contribution is 2.34. The molecule has 0 atom stereocenters. The van der Waals surface area contributed by atoms with Gasteiger partial charge < -0.3 is 29.6 Å². The third kappa shape index (κ3) is 6.49. The van der Waals surface area contributed by atoms with Crippen molar-refractivity contribution in [3.63, 3.8) is 0 Å². The second-order valence-electron chi connectivity index (χ2n) is 9.18. The van der Waals surface area contributed by atoms with Gasteiger partial charge in [-0.05, 0) is 72.6 Å². The van der Waals surface area contributed by atoms with Crippen LogP contribution in [0.15, 0.2) is 54.6 Å². The highest BCUT2D eigenvalue weighted by atomic mass is 16.5. The molecule has 0 unspecified atom stereocenters. The Balaban J connectivity index is 1.38. The maximum absolute atomic E-state index is 12.1. The fraction of sp³-hybridized carbons (Fsp3) is 0.310. The van der Waals surface area contributed by atoms with Crippen LogP contribution in [-0.4, -0.2) is 79.6 Å². The van der Waals surface area contributed by atoms with Crippen LogP contribution in [-0.2, 0) is 12.8 Å². The van der Waals surface area contributed by atoms with Crippen molar-refractivity contribution in [1.29, 1.82) is 0 Å². The van der Waals surface area contributed by atoms with Crippen molar-refractivity contribution in [3.8, 4) is 40.1 Å². The highest BCUT2D eigenvalue weighted by molar-refractivity contribution is 6.00. The molecule has 1 amide bonds. The molecule has 210 valence electrons. The molecular formula is C29H34N6O5. The van der Waals surface area contributed by atoms with Gasteiger partial charge in [-0.2, -0.15) is 0 Å². The van der Waals surface area contributed by atoms with Gasteiger partial charge in [0.1, 0.15) is 0 Å². The SMILES string of the molecule is COc1ccc(CCN(C)CCc2ccc(-n3nnc(-c4cc(OC)c(OC)cc4C(N)=O)n3)cc2)cc1OC. The Morgan fingerprint density at radius 1 is 0.800 bits per heavy atom. The van der Waals surface area contributed by atoms with E-state index in [9.17, 15) is 4.79 Å². The summed E-state index contributed by atoms with van der Waals surface area (Å²) in [7, 11) is 8.39. The summed E-state index contributed by atoms with van der Waals surface area (Å²) in [5.74, 6) is 1.90. The smallest absolute Gasteiger partial charge is 0.249 e. The average Bonchev–Trinajstić information content (AvgIpc) is 3.48. The first-order valence-corrected chi connectivity index (χ1v) is 12.7. The van der Waals surface area contributed by atoms with E-state index >= 15 is 0 Å². The van der Waals surface area contributed by atoms with Crippen LogP contribution in [0.25, 0.3) is 17.1 Å². The van der Waals surface area contributed by atoms with Crippen LogP contribution >= 0.6 is 0 Å². The normalized spacial score (nSPS) is 10.9. The Hall–Kier alpha value is -4.64. The predicted molar refractivity (Wildman–Crippen MR) is 151 cm³/mol. The Morgan fingerprint density at radius 3 is 2.00 bits per heavy atom. The van der Waals surface area contributed by atoms with Crippen molar-refractivity contribution in [3.05, 3.63) is 71.3 Å². The number of tetrazole rings is 1. The van der Waals surface area contributed by atoms with Gasteiger partial charge in [0, 0.05) is 18.7 Å². The minimum atomic E-state index is -0.634. The maximum atomic E-state index is 12.1. The second kappa shape index (κ2) is 12.9. The molecule has 0 fully saturated rings. The van der Waals surface area contributed by atoms with Gasteiger partial charge >= 0.3 is 0 Å². The molecule has 11 nitrogen and oxygen atoms in total. The van der Waals surface area contributed by atoms with Gasteiger partial charge in [0.15, 0.2) is 23.0 Å². The number of hydrogen-bond donors (Lipinski definition) is 1. The summed E-state index contributed by atoms with van der Waals surface area (Å²) < 4.78 is 21.4. The number of methoxy groups -OCH3 is 4. The number of benzene rings is 3. The first kappa shape index (κ1) is 28.4. The van der Waals surface area contributed by atoms with E-state index < -0.39 is 5.91 Å². The average molecular weight is 547 g/mol. The molecule has 0 aliphatic rings. The van der Waals surface area contributed by atoms with Gasteiger partial charge in [0.2, 0.25) is 11.7 Å². The van der Waals surface area contributed by atoms with E-state index in [0.29, 0.717) is 17.1 Å². The molecule has 3 aromatic carbocycles. The van der Waals surface area contributed by atoms with Gasteiger partial charge in [-0.15, -0.1) is 15.0 Å². The zero-order valence-corrected chi connectivity index (χ0v) is 23.4. The summed E-state index contributed by atoms with van der Waals surface area (Å²) in [5, 5.41) is 12.8. The highest BCUT2D eigenvalue weighted by Gasteiger charge is 2.20. The molecule has 1 aromatic heterocycles. The van der Waals surface area contributed by atoms with E-state index in [0.717, 1.165) is 43.1 Å².